The molecular weight excluding hydrogens is 709 g/mol. The highest BCUT2D eigenvalue weighted by Crippen LogP contribution is 2.43. The SMILES string of the molecule is c1ccc(-c2nc(-c3ccccc3)nc(-c3ccc4c(c3)oc3c(-c5ccccc5)cc(-n5c6cc7ccccc7cc6c6ccc7ccccc7c65)cc34)n2)cc1. The van der Waals surface area contributed by atoms with Crippen molar-refractivity contribution in [3.63, 3.8) is 0 Å². The van der Waals surface area contributed by atoms with Gasteiger partial charge in [0, 0.05) is 54.9 Å². The Hall–Kier alpha value is -7.89. The summed E-state index contributed by atoms with van der Waals surface area (Å²) in [6.45, 7) is 0. The second-order valence-electron chi connectivity index (χ2n) is 14.8. The number of hydrogen-bond donors (Lipinski definition) is 0. The van der Waals surface area contributed by atoms with Crippen LogP contribution in [0.15, 0.2) is 199 Å². The van der Waals surface area contributed by atoms with Gasteiger partial charge in [0.25, 0.3) is 0 Å². The largest absolute Gasteiger partial charge is 0.455 e. The fraction of sp³-hybridized carbons (Fsp3) is 0. The minimum atomic E-state index is 0.586. The molecule has 0 saturated carbocycles. The van der Waals surface area contributed by atoms with Crippen LogP contribution in [0.1, 0.15) is 0 Å². The van der Waals surface area contributed by atoms with Crippen LogP contribution in [0.25, 0.3) is 116 Å². The summed E-state index contributed by atoms with van der Waals surface area (Å²) in [6.07, 6.45) is 0. The first-order chi connectivity index (χ1) is 28.7. The Morgan fingerprint density at radius 2 is 0.931 bits per heavy atom. The molecule has 0 unspecified atom stereocenters. The van der Waals surface area contributed by atoms with Gasteiger partial charge in [0.2, 0.25) is 0 Å². The van der Waals surface area contributed by atoms with E-state index in [1.54, 1.807) is 0 Å². The summed E-state index contributed by atoms with van der Waals surface area (Å²) >= 11 is 0. The van der Waals surface area contributed by atoms with Crippen molar-refractivity contribution in [1.29, 1.82) is 0 Å². The van der Waals surface area contributed by atoms with Crippen molar-refractivity contribution in [2.75, 3.05) is 0 Å². The average Bonchev–Trinajstić information content (AvgIpc) is 3.83. The van der Waals surface area contributed by atoms with Crippen LogP contribution in [0.5, 0.6) is 0 Å². The zero-order valence-corrected chi connectivity index (χ0v) is 31.2. The van der Waals surface area contributed by atoms with Gasteiger partial charge in [0.1, 0.15) is 11.2 Å². The van der Waals surface area contributed by atoms with Gasteiger partial charge in [-0.3, -0.25) is 0 Å². The third kappa shape index (κ3) is 5.14. The Kier molecular flexibility index (Phi) is 7.16. The number of hydrogen-bond acceptors (Lipinski definition) is 4. The topological polar surface area (TPSA) is 56.7 Å². The molecule has 12 aromatic rings. The number of furan rings is 1. The maximum absolute atomic E-state index is 6.92. The zero-order chi connectivity index (χ0) is 38.2. The van der Waals surface area contributed by atoms with Gasteiger partial charge in [-0.25, -0.2) is 15.0 Å². The van der Waals surface area contributed by atoms with Gasteiger partial charge in [-0.1, -0.05) is 158 Å². The van der Waals surface area contributed by atoms with E-state index < -0.39 is 0 Å². The van der Waals surface area contributed by atoms with E-state index in [0.29, 0.717) is 17.5 Å². The summed E-state index contributed by atoms with van der Waals surface area (Å²) in [5.74, 6) is 1.83. The molecule has 5 nitrogen and oxygen atoms in total. The Bertz CT molecular complexity index is 3500. The minimum Gasteiger partial charge on any atom is -0.455 e. The highest BCUT2D eigenvalue weighted by molar-refractivity contribution is 6.21. The highest BCUT2D eigenvalue weighted by Gasteiger charge is 2.21. The normalized spacial score (nSPS) is 11.8. The van der Waals surface area contributed by atoms with Crippen LogP contribution in [-0.2, 0) is 0 Å². The molecule has 270 valence electrons. The van der Waals surface area contributed by atoms with E-state index in [1.807, 2.05) is 60.7 Å². The van der Waals surface area contributed by atoms with Crippen molar-refractivity contribution in [2.24, 2.45) is 0 Å². The lowest BCUT2D eigenvalue weighted by Crippen LogP contribution is -2.00. The highest BCUT2D eigenvalue weighted by atomic mass is 16.3. The van der Waals surface area contributed by atoms with Crippen molar-refractivity contribution < 1.29 is 4.42 Å². The molecule has 0 saturated heterocycles. The van der Waals surface area contributed by atoms with Crippen molar-refractivity contribution in [2.45, 2.75) is 0 Å². The summed E-state index contributed by atoms with van der Waals surface area (Å²) in [5, 5.41) is 9.37. The third-order valence-electron chi connectivity index (χ3n) is 11.4. The lowest BCUT2D eigenvalue weighted by atomic mass is 10.0. The molecule has 3 aromatic heterocycles. The number of benzene rings is 9. The smallest absolute Gasteiger partial charge is 0.164 e. The third-order valence-corrected chi connectivity index (χ3v) is 11.4. The zero-order valence-electron chi connectivity index (χ0n) is 31.2. The molecule has 0 aliphatic heterocycles. The number of aromatic nitrogens is 4. The molecule has 0 amide bonds. The molecule has 5 heteroatoms. The van der Waals surface area contributed by atoms with E-state index in [0.717, 1.165) is 61.0 Å². The summed E-state index contributed by atoms with van der Waals surface area (Å²) in [4.78, 5) is 14.9. The summed E-state index contributed by atoms with van der Waals surface area (Å²) in [5.41, 5.74) is 9.85. The van der Waals surface area contributed by atoms with Crippen molar-refractivity contribution in [3.05, 3.63) is 194 Å². The monoisotopic (exact) mass is 740 g/mol. The van der Waals surface area contributed by atoms with Crippen LogP contribution in [0.3, 0.4) is 0 Å². The molecule has 0 aliphatic rings. The van der Waals surface area contributed by atoms with E-state index in [1.165, 1.54) is 37.8 Å². The number of fused-ring (bicyclic) bond motifs is 9. The van der Waals surface area contributed by atoms with E-state index >= 15 is 0 Å². The number of rotatable bonds is 5. The van der Waals surface area contributed by atoms with Gasteiger partial charge in [0.15, 0.2) is 17.5 Å². The van der Waals surface area contributed by atoms with Crippen LogP contribution >= 0.6 is 0 Å². The van der Waals surface area contributed by atoms with Crippen molar-refractivity contribution in [1.82, 2.24) is 19.5 Å². The van der Waals surface area contributed by atoms with Gasteiger partial charge in [-0.2, -0.15) is 0 Å². The van der Waals surface area contributed by atoms with E-state index in [-0.39, 0.29) is 0 Å². The van der Waals surface area contributed by atoms with Crippen LogP contribution in [0.2, 0.25) is 0 Å². The lowest BCUT2D eigenvalue weighted by Gasteiger charge is -2.13. The molecule has 58 heavy (non-hydrogen) atoms. The summed E-state index contributed by atoms with van der Waals surface area (Å²) in [6, 6.07) is 68.1. The maximum Gasteiger partial charge on any atom is 0.164 e. The standard InChI is InChI=1S/C53H32N4O/c1-4-14-33(15-5-1)44-31-40(57-47-29-38-22-11-10-21-37(38)28-45(47)43-27-24-34-16-12-13-23-41(34)49(43)57)32-46-42-26-25-39(30-48(42)58-50(44)46)53-55-51(35-17-6-2-7-18-35)54-52(56-53)36-19-8-3-9-20-36/h1-32H. The Morgan fingerprint density at radius 1 is 0.362 bits per heavy atom. The second-order valence-corrected chi connectivity index (χ2v) is 14.8. The predicted molar refractivity (Wildman–Crippen MR) is 238 cm³/mol. The van der Waals surface area contributed by atoms with Crippen LogP contribution in [0, 0.1) is 0 Å². The first kappa shape index (κ1) is 32.4. The molecule has 0 radical (unpaired) electrons. The minimum absolute atomic E-state index is 0.586. The fourth-order valence-electron chi connectivity index (χ4n) is 8.63. The molecule has 0 N–H and O–H groups in total. The first-order valence-electron chi connectivity index (χ1n) is 19.5. The van der Waals surface area contributed by atoms with Gasteiger partial charge < -0.3 is 8.98 Å². The molecule has 9 aromatic carbocycles. The molecule has 12 rings (SSSR count). The predicted octanol–water partition coefficient (Wildman–Crippen LogP) is 13.8. The van der Waals surface area contributed by atoms with Gasteiger partial charge in [0.05, 0.1) is 11.0 Å². The van der Waals surface area contributed by atoms with Crippen molar-refractivity contribution in [3.8, 4) is 51.0 Å². The summed E-state index contributed by atoms with van der Waals surface area (Å²) in [7, 11) is 0. The molecular formula is C53H32N4O. The van der Waals surface area contributed by atoms with E-state index in [9.17, 15) is 0 Å². The fourth-order valence-corrected chi connectivity index (χ4v) is 8.63. The van der Waals surface area contributed by atoms with Crippen LogP contribution in [-0.4, -0.2) is 19.5 Å². The quantitative estimate of drug-likeness (QED) is 0.176. The molecule has 0 aliphatic carbocycles. The average molecular weight is 741 g/mol. The maximum atomic E-state index is 6.92. The van der Waals surface area contributed by atoms with Gasteiger partial charge >= 0.3 is 0 Å². The Balaban J connectivity index is 1.12. The number of nitrogens with zero attached hydrogens (tertiary/aromatic N) is 4. The van der Waals surface area contributed by atoms with Crippen LogP contribution in [0.4, 0.5) is 0 Å². The Labute approximate surface area is 333 Å². The van der Waals surface area contributed by atoms with Gasteiger partial charge in [-0.05, 0) is 58.1 Å². The van der Waals surface area contributed by atoms with Crippen LogP contribution < -0.4 is 0 Å². The molecule has 0 spiro atoms. The first-order valence-corrected chi connectivity index (χ1v) is 19.5. The lowest BCUT2D eigenvalue weighted by molar-refractivity contribution is 0.670. The molecule has 3 heterocycles. The molecule has 0 atom stereocenters. The molecule has 0 bridgehead atoms. The van der Waals surface area contributed by atoms with E-state index in [4.69, 9.17) is 19.4 Å². The second kappa shape index (κ2) is 12.8. The summed E-state index contributed by atoms with van der Waals surface area (Å²) < 4.78 is 9.38. The van der Waals surface area contributed by atoms with E-state index in [2.05, 4.69) is 138 Å². The van der Waals surface area contributed by atoms with Gasteiger partial charge in [-0.15, -0.1) is 0 Å². The Morgan fingerprint density at radius 3 is 1.62 bits per heavy atom. The molecule has 0 fully saturated rings. The van der Waals surface area contributed by atoms with Crippen molar-refractivity contribution >= 4 is 65.3 Å².